The van der Waals surface area contributed by atoms with Crippen LogP contribution in [0.4, 0.5) is 0 Å². The number of methoxy groups -OCH3 is 2. The van der Waals surface area contributed by atoms with E-state index in [1.54, 1.807) is 31.1 Å². The SMILES string of the molecule is CC.CCC.CCC(C)C(C(CC(=O)N1CCCC1C(OC)C(C)C)OC)N(C)C(=O)CNC(=O)C(C(C)C(C)C)N(CC)C(=O)CCCCCN.C[C@H](NC=O)C(=O)O. The van der Waals surface area contributed by atoms with Crippen LogP contribution in [-0.2, 0) is 38.2 Å². The van der Waals surface area contributed by atoms with Gasteiger partial charge < -0.3 is 45.6 Å². The topological polar surface area (TPSA) is 201 Å². The standard InChI is InChI=1S/C36H69N5O6.C4H7NO3.C3H8.C2H6/c1-12-26(7)33(29(46-10)22-31(43)41-21-17-18-28(41)35(47-11)25(5)6)39(9)32(44)23-38-36(45)34(27(8)24(3)4)40(13-2)30(42)19-15-14-16-20-37;1-3(4(7)8)5-2-6;1-3-2;1-2/h24-29,33-35H,12-23,37H2,1-11H3,(H,38,45);2-3H,1H3,(H,5,6)(H,7,8);3H2,1-2H3;1-2H3/t;3-;;/m.0../s1. The summed E-state index contributed by atoms with van der Waals surface area (Å²) in [5.74, 6) is -1.35. The van der Waals surface area contributed by atoms with E-state index in [-0.39, 0.29) is 78.5 Å². The van der Waals surface area contributed by atoms with Crippen LogP contribution in [0.15, 0.2) is 0 Å². The second-order valence-corrected chi connectivity index (χ2v) is 16.2. The van der Waals surface area contributed by atoms with E-state index in [1.165, 1.54) is 13.3 Å². The fourth-order valence-electron chi connectivity index (χ4n) is 7.22. The molecule has 1 fully saturated rings. The first-order chi connectivity index (χ1) is 28.3. The number of amides is 5. The maximum Gasteiger partial charge on any atom is 0.325 e. The largest absolute Gasteiger partial charge is 0.480 e. The highest BCUT2D eigenvalue weighted by Crippen LogP contribution is 2.29. The third-order valence-corrected chi connectivity index (χ3v) is 11.1. The Labute approximate surface area is 365 Å². The number of nitrogens with one attached hydrogen (secondary N) is 2. The number of nitrogens with zero attached hydrogens (tertiary/aromatic N) is 3. The van der Waals surface area contributed by atoms with Gasteiger partial charge in [0, 0.05) is 40.8 Å². The van der Waals surface area contributed by atoms with Gasteiger partial charge in [0.25, 0.3) is 0 Å². The molecule has 15 nitrogen and oxygen atoms in total. The number of likely N-dealkylation sites (tertiary alicyclic amines) is 1. The third-order valence-electron chi connectivity index (χ3n) is 11.1. The van der Waals surface area contributed by atoms with Crippen LogP contribution in [0, 0.1) is 23.7 Å². The van der Waals surface area contributed by atoms with Gasteiger partial charge in [0.15, 0.2) is 0 Å². The molecule has 1 rings (SSSR count). The molecule has 0 aromatic carbocycles. The van der Waals surface area contributed by atoms with Crippen molar-refractivity contribution in [1.82, 2.24) is 25.3 Å². The Morgan fingerprint density at radius 3 is 1.90 bits per heavy atom. The molecule has 60 heavy (non-hydrogen) atoms. The van der Waals surface area contributed by atoms with Gasteiger partial charge in [-0.05, 0) is 69.7 Å². The summed E-state index contributed by atoms with van der Waals surface area (Å²) in [7, 11) is 5.01. The molecule has 0 spiro atoms. The average molecular weight is 859 g/mol. The lowest BCUT2D eigenvalue weighted by molar-refractivity contribution is -0.146. The van der Waals surface area contributed by atoms with E-state index in [0.29, 0.717) is 32.5 Å². The number of carboxylic acid groups (broad SMARTS) is 1. The highest BCUT2D eigenvalue weighted by Gasteiger charge is 2.40. The van der Waals surface area contributed by atoms with E-state index in [2.05, 4.69) is 52.2 Å². The Balaban J connectivity index is -0.00000217. The molecule has 0 saturated carbocycles. The van der Waals surface area contributed by atoms with Crippen LogP contribution in [0.25, 0.3) is 0 Å². The Hall–Kier alpha value is -3.30. The smallest absolute Gasteiger partial charge is 0.325 e. The summed E-state index contributed by atoms with van der Waals surface area (Å²) in [6, 6.07) is -1.84. The van der Waals surface area contributed by atoms with Gasteiger partial charge in [-0.25, -0.2) is 0 Å². The Morgan fingerprint density at radius 1 is 0.900 bits per heavy atom. The van der Waals surface area contributed by atoms with Crippen LogP contribution in [0.2, 0.25) is 0 Å². The number of aliphatic carboxylic acids is 1. The minimum absolute atomic E-state index is 0.00220. The fraction of sp³-hybridized carbons (Fsp3) is 0.867. The summed E-state index contributed by atoms with van der Waals surface area (Å²) in [6.07, 6.45) is 6.62. The highest BCUT2D eigenvalue weighted by molar-refractivity contribution is 5.91. The van der Waals surface area contributed by atoms with Crippen molar-refractivity contribution < 1.29 is 43.3 Å². The second kappa shape index (κ2) is 35.3. The number of hydrogen-bond donors (Lipinski definition) is 4. The lowest BCUT2D eigenvalue weighted by Gasteiger charge is -2.39. The van der Waals surface area contributed by atoms with Crippen molar-refractivity contribution in [1.29, 1.82) is 0 Å². The molecule has 1 aliphatic rings. The van der Waals surface area contributed by atoms with Crippen molar-refractivity contribution in [2.24, 2.45) is 29.4 Å². The van der Waals surface area contributed by atoms with Crippen LogP contribution in [0.3, 0.4) is 0 Å². The van der Waals surface area contributed by atoms with Crippen molar-refractivity contribution in [3.05, 3.63) is 0 Å². The molecule has 15 heteroatoms. The van der Waals surface area contributed by atoms with Crippen LogP contribution < -0.4 is 16.4 Å². The number of hydrogen-bond acceptors (Lipinski definition) is 9. The summed E-state index contributed by atoms with van der Waals surface area (Å²) in [5, 5.41) is 13.0. The molecule has 354 valence electrons. The zero-order chi connectivity index (χ0) is 47.1. The highest BCUT2D eigenvalue weighted by atomic mass is 16.5. The number of carboxylic acids is 1. The van der Waals surface area contributed by atoms with Crippen molar-refractivity contribution in [2.75, 3.05) is 47.4 Å². The van der Waals surface area contributed by atoms with Gasteiger partial charge in [-0.1, -0.05) is 95.4 Å². The molecule has 8 atom stereocenters. The van der Waals surface area contributed by atoms with Crippen LogP contribution in [0.1, 0.15) is 148 Å². The molecule has 0 aliphatic carbocycles. The molecule has 0 radical (unpaired) electrons. The number of unbranched alkanes of at least 4 members (excludes halogenated alkanes) is 2. The zero-order valence-corrected chi connectivity index (χ0v) is 40.7. The Kier molecular flexibility index (Phi) is 35.9. The summed E-state index contributed by atoms with van der Waals surface area (Å²) in [6.45, 7) is 27.4. The zero-order valence-electron chi connectivity index (χ0n) is 40.7. The maximum atomic E-state index is 13.7. The first-order valence-electron chi connectivity index (χ1n) is 22.6. The van der Waals surface area contributed by atoms with Gasteiger partial charge in [0.1, 0.15) is 12.1 Å². The fourth-order valence-corrected chi connectivity index (χ4v) is 7.22. The van der Waals surface area contributed by atoms with Crippen molar-refractivity contribution >= 4 is 36.0 Å². The summed E-state index contributed by atoms with van der Waals surface area (Å²) >= 11 is 0. The molecule has 1 heterocycles. The Morgan fingerprint density at radius 2 is 1.48 bits per heavy atom. The average Bonchev–Trinajstić information content (AvgIpc) is 3.70. The number of rotatable bonds is 25. The minimum Gasteiger partial charge on any atom is -0.480 e. The molecule has 1 saturated heterocycles. The number of carbonyl (C=O) groups is 6. The molecule has 1 aliphatic heterocycles. The monoisotopic (exact) mass is 859 g/mol. The van der Waals surface area contributed by atoms with Crippen LogP contribution in [0.5, 0.6) is 0 Å². The van der Waals surface area contributed by atoms with Gasteiger partial charge in [0.05, 0.1) is 37.3 Å². The first kappa shape index (κ1) is 61.0. The Bertz CT molecular complexity index is 1190. The minimum atomic E-state index is -1.03. The summed E-state index contributed by atoms with van der Waals surface area (Å²) in [4.78, 5) is 79.0. The molecular weight excluding hydrogens is 769 g/mol. The molecule has 5 amide bonds. The van der Waals surface area contributed by atoms with Gasteiger partial charge in [0.2, 0.25) is 30.0 Å². The van der Waals surface area contributed by atoms with E-state index >= 15 is 0 Å². The lowest BCUT2D eigenvalue weighted by atomic mass is 9.88. The summed E-state index contributed by atoms with van der Waals surface area (Å²) in [5.41, 5.74) is 5.61. The quantitative estimate of drug-likeness (QED) is 0.0651. The number of ether oxygens (including phenoxy) is 2. The van der Waals surface area contributed by atoms with E-state index in [1.807, 2.05) is 46.4 Å². The molecule has 0 aromatic rings. The number of carbonyl (C=O) groups excluding carboxylic acids is 5. The predicted molar refractivity (Wildman–Crippen MR) is 241 cm³/mol. The molecule has 7 unspecified atom stereocenters. The van der Waals surface area contributed by atoms with E-state index in [4.69, 9.17) is 20.3 Å². The molecular formula is C45H90N6O9. The lowest BCUT2D eigenvalue weighted by Crippen LogP contribution is -2.56. The first-order valence-corrected chi connectivity index (χ1v) is 22.6. The van der Waals surface area contributed by atoms with E-state index < -0.39 is 24.2 Å². The van der Waals surface area contributed by atoms with Gasteiger partial charge in [-0.3, -0.25) is 28.8 Å². The normalized spacial score (nSPS) is 16.8. The van der Waals surface area contributed by atoms with Gasteiger partial charge >= 0.3 is 5.97 Å². The van der Waals surface area contributed by atoms with E-state index in [0.717, 1.165) is 38.5 Å². The number of nitrogens with two attached hydrogens (primary N) is 1. The predicted octanol–water partition coefficient (Wildman–Crippen LogP) is 5.72. The molecule has 0 bridgehead atoms. The van der Waals surface area contributed by atoms with Crippen molar-refractivity contribution in [3.63, 3.8) is 0 Å². The molecule has 0 aromatic heterocycles. The van der Waals surface area contributed by atoms with Crippen molar-refractivity contribution in [2.45, 2.75) is 184 Å². The molecule has 5 N–H and O–H groups in total. The number of likely N-dealkylation sites (N-methyl/N-ethyl adjacent to an activating group) is 2. The third kappa shape index (κ3) is 22.0. The second-order valence-electron chi connectivity index (χ2n) is 16.2. The van der Waals surface area contributed by atoms with E-state index in [9.17, 15) is 28.8 Å². The van der Waals surface area contributed by atoms with Crippen LogP contribution in [-0.4, -0.2) is 140 Å². The maximum absolute atomic E-state index is 13.7. The summed E-state index contributed by atoms with van der Waals surface area (Å²) < 4.78 is 11.7. The van der Waals surface area contributed by atoms with Gasteiger partial charge in [-0.15, -0.1) is 0 Å². The van der Waals surface area contributed by atoms with Gasteiger partial charge in [-0.2, -0.15) is 0 Å². The van der Waals surface area contributed by atoms with Crippen molar-refractivity contribution in [3.8, 4) is 0 Å². The van der Waals surface area contributed by atoms with Crippen LogP contribution >= 0.6 is 0 Å².